The van der Waals surface area contributed by atoms with Gasteiger partial charge in [-0.1, -0.05) is 11.6 Å². The topological polar surface area (TPSA) is 52.8 Å². The number of carbonyl (C=O) groups is 1. The Morgan fingerprint density at radius 3 is 2.46 bits per heavy atom. The Morgan fingerprint density at radius 1 is 1.07 bits per heavy atom. The number of hydrogen-bond acceptors (Lipinski definition) is 5. The lowest BCUT2D eigenvalue weighted by Crippen LogP contribution is -2.54. The van der Waals surface area contributed by atoms with Crippen LogP contribution in [0.1, 0.15) is 62.0 Å². The minimum atomic E-state index is 0.288. The van der Waals surface area contributed by atoms with Crippen LogP contribution in [-0.2, 0) is 11.3 Å². The molecule has 1 unspecified atom stereocenters. The number of aromatic nitrogens is 1. The predicted octanol–water partition coefficient (Wildman–Crippen LogP) is 2.98. The van der Waals surface area contributed by atoms with Gasteiger partial charge in [-0.2, -0.15) is 0 Å². The second-order valence-electron chi connectivity index (χ2n) is 9.04. The van der Waals surface area contributed by atoms with Gasteiger partial charge in [-0.05, 0) is 72.0 Å². The molecule has 6 heteroatoms. The van der Waals surface area contributed by atoms with Crippen LogP contribution in [0.4, 0.5) is 0 Å². The van der Waals surface area contributed by atoms with E-state index in [0.717, 1.165) is 69.9 Å². The fourth-order valence-electron chi connectivity index (χ4n) is 5.00. The van der Waals surface area contributed by atoms with Crippen molar-refractivity contribution in [2.75, 3.05) is 39.3 Å². The van der Waals surface area contributed by atoms with E-state index in [9.17, 15) is 4.79 Å². The molecular weight excluding hydrogens is 352 g/mol. The molecule has 0 N–H and O–H groups in total. The molecule has 1 aliphatic carbocycles. The van der Waals surface area contributed by atoms with Crippen LogP contribution in [0.5, 0.6) is 0 Å². The number of aryl methyl sites for hydroxylation is 2. The van der Waals surface area contributed by atoms with Gasteiger partial charge >= 0.3 is 0 Å². The summed E-state index contributed by atoms with van der Waals surface area (Å²) in [5.41, 5.74) is 2.21. The van der Waals surface area contributed by atoms with E-state index in [0.29, 0.717) is 11.9 Å². The lowest BCUT2D eigenvalue weighted by atomic mass is 9.83. The van der Waals surface area contributed by atoms with Gasteiger partial charge in [0, 0.05) is 43.7 Å². The van der Waals surface area contributed by atoms with Crippen LogP contribution in [0.15, 0.2) is 4.52 Å². The molecule has 2 aliphatic heterocycles. The highest BCUT2D eigenvalue weighted by Gasteiger charge is 2.35. The van der Waals surface area contributed by atoms with E-state index in [-0.39, 0.29) is 5.92 Å². The molecule has 3 aliphatic rings. The van der Waals surface area contributed by atoms with Crippen molar-refractivity contribution in [1.29, 1.82) is 0 Å². The first-order chi connectivity index (χ1) is 13.6. The lowest BCUT2D eigenvalue weighted by Gasteiger charge is -2.42. The van der Waals surface area contributed by atoms with E-state index in [2.05, 4.69) is 19.9 Å². The monoisotopic (exact) mass is 388 g/mol. The van der Waals surface area contributed by atoms with Crippen LogP contribution in [-0.4, -0.2) is 71.1 Å². The summed E-state index contributed by atoms with van der Waals surface area (Å²) in [7, 11) is 0. The third-order valence-corrected chi connectivity index (χ3v) is 7.08. The highest BCUT2D eigenvalue weighted by Crippen LogP contribution is 2.30. The van der Waals surface area contributed by atoms with Gasteiger partial charge in [0.25, 0.3) is 0 Å². The summed E-state index contributed by atoms with van der Waals surface area (Å²) in [5, 5.41) is 4.11. The fourth-order valence-corrected chi connectivity index (χ4v) is 5.00. The van der Waals surface area contributed by atoms with Crippen LogP contribution < -0.4 is 0 Å². The Bertz CT molecular complexity index is 644. The number of hydrogen-bond donors (Lipinski definition) is 0. The van der Waals surface area contributed by atoms with Crippen molar-refractivity contribution in [2.24, 2.45) is 5.92 Å². The molecule has 1 aromatic rings. The quantitative estimate of drug-likeness (QED) is 0.719. The highest BCUT2D eigenvalue weighted by atomic mass is 16.5. The molecule has 1 saturated carbocycles. The Morgan fingerprint density at radius 2 is 1.82 bits per heavy atom. The molecule has 0 aromatic carbocycles. The summed E-state index contributed by atoms with van der Waals surface area (Å²) in [6.07, 6.45) is 8.32. The summed E-state index contributed by atoms with van der Waals surface area (Å²) in [5.74, 6) is 1.64. The van der Waals surface area contributed by atoms with Crippen molar-refractivity contribution in [1.82, 2.24) is 19.9 Å². The molecule has 28 heavy (non-hydrogen) atoms. The average Bonchev–Trinajstić information content (AvgIpc) is 3.26. The van der Waals surface area contributed by atoms with E-state index in [1.807, 2.05) is 13.8 Å². The van der Waals surface area contributed by atoms with E-state index >= 15 is 0 Å². The molecule has 1 aromatic heterocycles. The van der Waals surface area contributed by atoms with Gasteiger partial charge in [0.15, 0.2) is 0 Å². The van der Waals surface area contributed by atoms with Crippen LogP contribution in [0.25, 0.3) is 0 Å². The Labute approximate surface area is 169 Å². The molecule has 6 nitrogen and oxygen atoms in total. The van der Waals surface area contributed by atoms with Crippen molar-refractivity contribution in [2.45, 2.75) is 71.4 Å². The van der Waals surface area contributed by atoms with Crippen LogP contribution in [0, 0.1) is 19.8 Å². The second-order valence-corrected chi connectivity index (χ2v) is 9.04. The number of amides is 1. The molecule has 1 atom stereocenters. The van der Waals surface area contributed by atoms with Crippen LogP contribution in [0.2, 0.25) is 0 Å². The summed E-state index contributed by atoms with van der Waals surface area (Å²) >= 11 is 0. The molecule has 156 valence electrons. The largest absolute Gasteiger partial charge is 0.361 e. The van der Waals surface area contributed by atoms with Crippen molar-refractivity contribution in [3.63, 3.8) is 0 Å². The Kier molecular flexibility index (Phi) is 6.36. The van der Waals surface area contributed by atoms with E-state index in [1.165, 1.54) is 37.9 Å². The van der Waals surface area contributed by atoms with Gasteiger partial charge in [-0.3, -0.25) is 9.69 Å². The van der Waals surface area contributed by atoms with Gasteiger partial charge in [0.2, 0.25) is 5.91 Å². The van der Waals surface area contributed by atoms with Gasteiger partial charge in [0.05, 0.1) is 5.69 Å². The smallest absolute Gasteiger partial charge is 0.226 e. The summed E-state index contributed by atoms with van der Waals surface area (Å²) in [4.78, 5) is 20.5. The summed E-state index contributed by atoms with van der Waals surface area (Å²) in [6, 6.07) is 0.352. The van der Waals surface area contributed by atoms with E-state index in [1.54, 1.807) is 0 Å². The van der Waals surface area contributed by atoms with Crippen molar-refractivity contribution in [3.8, 4) is 0 Å². The number of likely N-dealkylation sites (tertiary alicyclic amines) is 2. The first kappa shape index (κ1) is 19.9. The van der Waals surface area contributed by atoms with Crippen molar-refractivity contribution in [3.05, 3.63) is 17.0 Å². The second kappa shape index (κ2) is 8.95. The zero-order chi connectivity index (χ0) is 19.5. The normalized spacial score (nSPS) is 24.4. The minimum absolute atomic E-state index is 0.288. The molecular formula is C22H36N4O2. The van der Waals surface area contributed by atoms with Crippen molar-refractivity contribution >= 4 is 5.91 Å². The maximum atomic E-state index is 13.2. The fraction of sp³-hybridized carbons (Fsp3) is 0.818. The minimum Gasteiger partial charge on any atom is -0.361 e. The lowest BCUT2D eigenvalue weighted by molar-refractivity contribution is -0.142. The first-order valence-electron chi connectivity index (χ1n) is 11.3. The van der Waals surface area contributed by atoms with Gasteiger partial charge in [-0.25, -0.2) is 0 Å². The number of rotatable bonds is 7. The van der Waals surface area contributed by atoms with Crippen molar-refractivity contribution < 1.29 is 9.32 Å². The number of piperidine rings is 1. The Balaban J connectivity index is 1.41. The van der Waals surface area contributed by atoms with E-state index < -0.39 is 0 Å². The first-order valence-corrected chi connectivity index (χ1v) is 11.3. The highest BCUT2D eigenvalue weighted by molar-refractivity contribution is 5.80. The molecule has 4 rings (SSSR count). The predicted molar refractivity (Wildman–Crippen MR) is 109 cm³/mol. The van der Waals surface area contributed by atoms with Crippen LogP contribution >= 0.6 is 0 Å². The SMILES string of the molecule is Cc1noc(C)c1CN1CCCC(N(CCN2CCCC2)C(=O)C2CCC2)C1. The molecule has 3 heterocycles. The standard InChI is InChI=1S/C22H36N4O2/c1-17-21(18(2)28-23-17)16-25-12-6-9-20(15-25)26(22(27)19-7-5-8-19)14-13-24-10-3-4-11-24/h19-20H,3-16H2,1-2H3. The summed E-state index contributed by atoms with van der Waals surface area (Å²) < 4.78 is 5.35. The molecule has 0 spiro atoms. The average molecular weight is 389 g/mol. The third-order valence-electron chi connectivity index (χ3n) is 7.08. The zero-order valence-electron chi connectivity index (χ0n) is 17.7. The van der Waals surface area contributed by atoms with Crippen LogP contribution in [0.3, 0.4) is 0 Å². The maximum Gasteiger partial charge on any atom is 0.226 e. The molecule has 0 radical (unpaired) electrons. The zero-order valence-corrected chi connectivity index (χ0v) is 17.7. The Hall–Kier alpha value is -1.40. The molecule has 0 bridgehead atoms. The number of nitrogens with zero attached hydrogens (tertiary/aromatic N) is 4. The third kappa shape index (κ3) is 4.43. The molecule has 3 fully saturated rings. The number of carbonyl (C=O) groups excluding carboxylic acids is 1. The molecule has 2 saturated heterocycles. The maximum absolute atomic E-state index is 13.2. The van der Waals surface area contributed by atoms with E-state index in [4.69, 9.17) is 4.52 Å². The molecule has 1 amide bonds. The van der Waals surface area contributed by atoms with Gasteiger partial charge in [-0.15, -0.1) is 0 Å². The van der Waals surface area contributed by atoms with Gasteiger partial charge in [0.1, 0.15) is 5.76 Å². The summed E-state index contributed by atoms with van der Waals surface area (Å²) in [6.45, 7) is 11.3. The van der Waals surface area contributed by atoms with Gasteiger partial charge < -0.3 is 14.3 Å².